The van der Waals surface area contributed by atoms with Crippen LogP contribution in [0.3, 0.4) is 0 Å². The first-order valence-electron chi connectivity index (χ1n) is 11.7. The zero-order chi connectivity index (χ0) is 25.1. The maximum absolute atomic E-state index is 13.3. The number of halogens is 1. The van der Waals surface area contributed by atoms with Crippen LogP contribution < -0.4 is 10.6 Å². The number of hydrogen-bond acceptors (Lipinski definition) is 4. The van der Waals surface area contributed by atoms with E-state index < -0.39 is 5.97 Å². The number of carboxylic acid groups (broad SMARTS) is 1. The number of amides is 2. The Morgan fingerprint density at radius 3 is 2.37 bits per heavy atom. The first kappa shape index (κ1) is 24.8. The van der Waals surface area contributed by atoms with Gasteiger partial charge in [0.2, 0.25) is 5.91 Å². The van der Waals surface area contributed by atoms with Crippen molar-refractivity contribution in [2.45, 2.75) is 45.3 Å². The number of carbonyl (C=O) groups is 3. The summed E-state index contributed by atoms with van der Waals surface area (Å²) >= 11 is 5.92. The van der Waals surface area contributed by atoms with Crippen LogP contribution in [0, 0.1) is 0 Å². The molecule has 3 N–H and O–H groups in total. The van der Waals surface area contributed by atoms with Gasteiger partial charge in [-0.3, -0.25) is 9.59 Å². The third-order valence-electron chi connectivity index (χ3n) is 6.41. The normalized spacial score (nSPS) is 14.9. The molecule has 1 aliphatic heterocycles. The lowest BCUT2D eigenvalue weighted by atomic mass is 10.0. The smallest absolute Gasteiger partial charge is 0.335 e. The van der Waals surface area contributed by atoms with E-state index in [1.54, 1.807) is 41.0 Å². The van der Waals surface area contributed by atoms with Gasteiger partial charge in [-0.15, -0.1) is 0 Å². The second-order valence-electron chi connectivity index (χ2n) is 9.13. The number of nitrogens with one attached hydrogen (secondary N) is 2. The van der Waals surface area contributed by atoms with Gasteiger partial charge < -0.3 is 25.2 Å². The van der Waals surface area contributed by atoms with Crippen LogP contribution in [0.15, 0.2) is 48.5 Å². The second-order valence-corrected chi connectivity index (χ2v) is 9.56. The van der Waals surface area contributed by atoms with Gasteiger partial charge >= 0.3 is 5.97 Å². The van der Waals surface area contributed by atoms with E-state index in [1.807, 2.05) is 0 Å². The number of nitrogens with zero attached hydrogens (tertiary/aromatic N) is 2. The number of fused-ring (bicyclic) bond motifs is 1. The van der Waals surface area contributed by atoms with Crippen molar-refractivity contribution in [2.75, 3.05) is 18.4 Å². The maximum Gasteiger partial charge on any atom is 0.335 e. The Balaban J connectivity index is 1.58. The van der Waals surface area contributed by atoms with Crippen LogP contribution in [-0.4, -0.2) is 57.5 Å². The van der Waals surface area contributed by atoms with Gasteiger partial charge in [-0.2, -0.15) is 0 Å². The first-order chi connectivity index (χ1) is 16.7. The van der Waals surface area contributed by atoms with Crippen molar-refractivity contribution in [1.29, 1.82) is 0 Å². The molecule has 0 aliphatic carbocycles. The van der Waals surface area contributed by atoms with Gasteiger partial charge in [0.1, 0.15) is 12.2 Å². The minimum atomic E-state index is -1.05. The molecule has 9 heteroatoms. The van der Waals surface area contributed by atoms with E-state index in [1.165, 1.54) is 12.1 Å². The number of likely N-dealkylation sites (tertiary alicyclic amines) is 1. The Morgan fingerprint density at radius 1 is 1.06 bits per heavy atom. The molecule has 1 aromatic heterocycles. The largest absolute Gasteiger partial charge is 0.478 e. The number of aromatic nitrogens is 1. The van der Waals surface area contributed by atoms with Gasteiger partial charge in [-0.05, 0) is 75.2 Å². The molecule has 1 fully saturated rings. The average Bonchev–Trinajstić information content (AvgIpc) is 3.18. The highest BCUT2D eigenvalue weighted by Crippen LogP contribution is 2.23. The standard InChI is InChI=1S/C26H29ClN4O4/c1-16(2)30-11-9-21(10-12-30)29-25(33)23-14-18-13-17(26(34)35)3-8-22(18)31(23)15-24(32)28-20-6-4-19(27)5-7-20/h3-8,13-14,16,21H,9-12,15H2,1-2H3,(H,28,32)(H,29,33)(H,34,35). The molecule has 35 heavy (non-hydrogen) atoms. The number of piperidine rings is 1. The average molecular weight is 497 g/mol. The fourth-order valence-corrected chi connectivity index (χ4v) is 4.59. The lowest BCUT2D eigenvalue weighted by Crippen LogP contribution is -2.47. The summed E-state index contributed by atoms with van der Waals surface area (Å²) in [7, 11) is 0. The molecule has 1 aliphatic rings. The van der Waals surface area contributed by atoms with Crippen LogP contribution in [0.1, 0.15) is 47.5 Å². The third kappa shape index (κ3) is 5.83. The van der Waals surface area contributed by atoms with Crippen molar-refractivity contribution in [1.82, 2.24) is 14.8 Å². The van der Waals surface area contributed by atoms with Gasteiger partial charge in [0, 0.05) is 46.8 Å². The molecule has 2 amide bonds. The van der Waals surface area contributed by atoms with Crippen molar-refractivity contribution in [2.24, 2.45) is 0 Å². The SMILES string of the molecule is CC(C)N1CCC(NC(=O)c2cc3cc(C(=O)O)ccc3n2CC(=O)Nc2ccc(Cl)cc2)CC1. The van der Waals surface area contributed by atoms with Gasteiger partial charge in [-0.25, -0.2) is 4.79 Å². The highest BCUT2D eigenvalue weighted by Gasteiger charge is 2.25. The number of rotatable bonds is 7. The molecule has 0 spiro atoms. The van der Waals surface area contributed by atoms with Crippen LogP contribution in [0.5, 0.6) is 0 Å². The minimum Gasteiger partial charge on any atom is -0.478 e. The van der Waals surface area contributed by atoms with Gasteiger partial charge in [-0.1, -0.05) is 11.6 Å². The monoisotopic (exact) mass is 496 g/mol. The van der Waals surface area contributed by atoms with Crippen LogP contribution in [0.25, 0.3) is 10.9 Å². The van der Waals surface area contributed by atoms with Crippen LogP contribution >= 0.6 is 11.6 Å². The molecular weight excluding hydrogens is 468 g/mol. The lowest BCUT2D eigenvalue weighted by molar-refractivity contribution is -0.116. The number of hydrogen-bond donors (Lipinski definition) is 3. The molecule has 0 radical (unpaired) electrons. The van der Waals surface area contributed by atoms with Crippen molar-refractivity contribution in [3.05, 3.63) is 64.8 Å². The summed E-state index contributed by atoms with van der Waals surface area (Å²) in [4.78, 5) is 40.0. The summed E-state index contributed by atoms with van der Waals surface area (Å²) in [5.74, 6) is -1.64. The predicted molar refractivity (Wildman–Crippen MR) is 136 cm³/mol. The van der Waals surface area contributed by atoms with Crippen molar-refractivity contribution < 1.29 is 19.5 Å². The summed E-state index contributed by atoms with van der Waals surface area (Å²) < 4.78 is 1.63. The Morgan fingerprint density at radius 2 is 1.74 bits per heavy atom. The zero-order valence-corrected chi connectivity index (χ0v) is 20.5. The van der Waals surface area contributed by atoms with Gasteiger partial charge in [0.25, 0.3) is 5.91 Å². The second kappa shape index (κ2) is 10.5. The molecule has 4 rings (SSSR count). The molecule has 1 saturated heterocycles. The molecule has 3 aromatic rings. The Hall–Kier alpha value is -3.36. The van der Waals surface area contributed by atoms with Gasteiger partial charge in [0.05, 0.1) is 5.56 Å². The van der Waals surface area contributed by atoms with Gasteiger partial charge in [0.15, 0.2) is 0 Å². The number of carbonyl (C=O) groups excluding carboxylic acids is 2. The molecule has 0 atom stereocenters. The number of benzene rings is 2. The van der Waals surface area contributed by atoms with E-state index in [2.05, 4.69) is 29.4 Å². The topological polar surface area (TPSA) is 104 Å². The van der Waals surface area contributed by atoms with Crippen molar-refractivity contribution in [3.8, 4) is 0 Å². The van der Waals surface area contributed by atoms with E-state index >= 15 is 0 Å². The minimum absolute atomic E-state index is 0.0430. The summed E-state index contributed by atoms with van der Waals surface area (Å²) in [6.07, 6.45) is 1.70. The van der Waals surface area contributed by atoms with Crippen molar-refractivity contribution in [3.63, 3.8) is 0 Å². The first-order valence-corrected chi connectivity index (χ1v) is 12.1. The summed E-state index contributed by atoms with van der Waals surface area (Å²) in [6, 6.07) is 13.5. The summed E-state index contributed by atoms with van der Waals surface area (Å²) in [5, 5.41) is 16.4. The fourth-order valence-electron chi connectivity index (χ4n) is 4.46. The molecule has 0 saturated carbocycles. The Labute approximate surface area is 208 Å². The lowest BCUT2D eigenvalue weighted by Gasteiger charge is -2.34. The van der Waals surface area contributed by atoms with Crippen LogP contribution in [0.2, 0.25) is 5.02 Å². The van der Waals surface area contributed by atoms with Crippen LogP contribution in [0.4, 0.5) is 5.69 Å². The highest BCUT2D eigenvalue weighted by molar-refractivity contribution is 6.30. The summed E-state index contributed by atoms with van der Waals surface area (Å²) in [6.45, 7) is 6.05. The molecule has 2 heterocycles. The van der Waals surface area contributed by atoms with Crippen LogP contribution in [-0.2, 0) is 11.3 Å². The van der Waals surface area contributed by atoms with E-state index in [0.717, 1.165) is 25.9 Å². The molecule has 184 valence electrons. The quantitative estimate of drug-likeness (QED) is 0.454. The van der Waals surface area contributed by atoms with E-state index in [9.17, 15) is 19.5 Å². The number of anilines is 1. The Bertz CT molecular complexity index is 1240. The molecule has 0 unspecified atom stereocenters. The molecule has 2 aromatic carbocycles. The van der Waals surface area contributed by atoms with E-state index in [-0.39, 0.29) is 30.0 Å². The van der Waals surface area contributed by atoms with E-state index in [0.29, 0.717) is 33.3 Å². The highest BCUT2D eigenvalue weighted by atomic mass is 35.5. The van der Waals surface area contributed by atoms with E-state index in [4.69, 9.17) is 11.6 Å². The molecule has 0 bridgehead atoms. The molecular formula is C26H29ClN4O4. The zero-order valence-electron chi connectivity index (χ0n) is 19.8. The fraction of sp³-hybridized carbons (Fsp3) is 0.346. The van der Waals surface area contributed by atoms with Crippen molar-refractivity contribution >= 4 is 46.0 Å². The number of carboxylic acids is 1. The molecule has 8 nitrogen and oxygen atoms in total. The third-order valence-corrected chi connectivity index (χ3v) is 6.66. The maximum atomic E-state index is 13.3. The Kier molecular flexibility index (Phi) is 7.42. The number of aromatic carboxylic acids is 1. The summed E-state index contributed by atoms with van der Waals surface area (Å²) in [5.41, 5.74) is 1.64. The predicted octanol–water partition coefficient (Wildman–Crippen LogP) is 4.23.